The van der Waals surface area contributed by atoms with Crippen LogP contribution in [0.2, 0.25) is 0 Å². The fourth-order valence-electron chi connectivity index (χ4n) is 3.90. The molecule has 3 nitrogen and oxygen atoms in total. The van der Waals surface area contributed by atoms with E-state index in [1.807, 2.05) is 30.3 Å². The Hall–Kier alpha value is -2.92. The SMILES string of the molecule is CC(C)CNC(=O)C[C@H](c1cccs1)c1cn(Cc2ccc(F)cc2)c2ccccc12. The van der Waals surface area contributed by atoms with Gasteiger partial charge in [-0.15, -0.1) is 11.3 Å². The van der Waals surface area contributed by atoms with Gasteiger partial charge in [-0.3, -0.25) is 4.79 Å². The molecule has 0 unspecified atom stereocenters. The molecule has 0 aliphatic rings. The molecule has 4 aromatic rings. The lowest BCUT2D eigenvalue weighted by atomic mass is 9.93. The van der Waals surface area contributed by atoms with Crippen molar-refractivity contribution in [1.29, 1.82) is 0 Å². The molecule has 4 rings (SSSR count). The Balaban J connectivity index is 1.71. The molecular formula is C26H27FN2OS. The summed E-state index contributed by atoms with van der Waals surface area (Å²) in [5, 5.41) is 6.28. The average Bonchev–Trinajstić information content (AvgIpc) is 3.41. The standard InChI is InChI=1S/C26H27FN2OS/c1-18(2)15-28-26(30)14-22(25-8-5-13-31-25)23-17-29(24-7-4-3-6-21(23)24)16-19-9-11-20(27)12-10-19/h3-13,17-18,22H,14-16H2,1-2H3,(H,28,30)/t22-/m0/s1. The number of hydrogen-bond donors (Lipinski definition) is 1. The van der Waals surface area contributed by atoms with Gasteiger partial charge in [0.05, 0.1) is 0 Å². The lowest BCUT2D eigenvalue weighted by Crippen LogP contribution is -2.28. The summed E-state index contributed by atoms with van der Waals surface area (Å²) in [5.74, 6) is 0.253. The van der Waals surface area contributed by atoms with Gasteiger partial charge in [0.2, 0.25) is 5.91 Å². The largest absolute Gasteiger partial charge is 0.356 e. The summed E-state index contributed by atoms with van der Waals surface area (Å²) in [7, 11) is 0. The maximum Gasteiger partial charge on any atom is 0.220 e. The smallest absolute Gasteiger partial charge is 0.220 e. The lowest BCUT2D eigenvalue weighted by molar-refractivity contribution is -0.121. The van der Waals surface area contributed by atoms with E-state index >= 15 is 0 Å². The highest BCUT2D eigenvalue weighted by Crippen LogP contribution is 2.37. The Morgan fingerprint density at radius 1 is 1.06 bits per heavy atom. The second-order valence-electron chi connectivity index (χ2n) is 8.33. The van der Waals surface area contributed by atoms with E-state index in [4.69, 9.17) is 0 Å². The summed E-state index contributed by atoms with van der Waals surface area (Å²) >= 11 is 1.68. The number of halogens is 1. The molecule has 1 atom stereocenters. The van der Waals surface area contributed by atoms with Crippen LogP contribution in [0.3, 0.4) is 0 Å². The molecule has 5 heteroatoms. The van der Waals surface area contributed by atoms with E-state index in [1.165, 1.54) is 17.0 Å². The van der Waals surface area contributed by atoms with Crippen molar-refractivity contribution in [2.45, 2.75) is 32.7 Å². The van der Waals surface area contributed by atoms with Crippen LogP contribution >= 0.6 is 11.3 Å². The molecule has 0 radical (unpaired) electrons. The number of amides is 1. The summed E-state index contributed by atoms with van der Waals surface area (Å²) < 4.78 is 15.5. The normalized spacial score (nSPS) is 12.4. The van der Waals surface area contributed by atoms with E-state index in [1.54, 1.807) is 11.3 Å². The molecule has 0 bridgehead atoms. The second-order valence-corrected chi connectivity index (χ2v) is 9.31. The van der Waals surface area contributed by atoms with E-state index in [2.05, 4.69) is 53.5 Å². The molecular weight excluding hydrogens is 407 g/mol. The number of nitrogens with one attached hydrogen (secondary N) is 1. The number of hydrogen-bond acceptors (Lipinski definition) is 2. The van der Waals surface area contributed by atoms with E-state index < -0.39 is 0 Å². The van der Waals surface area contributed by atoms with Gasteiger partial charge in [0.25, 0.3) is 0 Å². The highest BCUT2D eigenvalue weighted by atomic mass is 32.1. The van der Waals surface area contributed by atoms with Gasteiger partial charge in [0.15, 0.2) is 0 Å². The lowest BCUT2D eigenvalue weighted by Gasteiger charge is -2.16. The van der Waals surface area contributed by atoms with Crippen LogP contribution in [0, 0.1) is 11.7 Å². The number of aromatic nitrogens is 1. The van der Waals surface area contributed by atoms with Crippen LogP contribution < -0.4 is 5.32 Å². The molecule has 1 N–H and O–H groups in total. The molecule has 31 heavy (non-hydrogen) atoms. The predicted octanol–water partition coefficient (Wildman–Crippen LogP) is 6.18. The second kappa shape index (κ2) is 9.48. The number of para-hydroxylation sites is 1. The third kappa shape index (κ3) is 5.05. The monoisotopic (exact) mass is 434 g/mol. The van der Waals surface area contributed by atoms with Crippen molar-refractivity contribution in [1.82, 2.24) is 9.88 Å². The zero-order chi connectivity index (χ0) is 21.8. The molecule has 1 amide bonds. The van der Waals surface area contributed by atoms with Crippen LogP contribution in [0.5, 0.6) is 0 Å². The molecule has 0 fully saturated rings. The van der Waals surface area contributed by atoms with Gasteiger partial charge in [-0.1, -0.05) is 50.2 Å². The predicted molar refractivity (Wildman–Crippen MR) is 126 cm³/mol. The van der Waals surface area contributed by atoms with Crippen LogP contribution in [0.15, 0.2) is 72.2 Å². The Kier molecular flexibility index (Phi) is 6.52. The zero-order valence-corrected chi connectivity index (χ0v) is 18.7. The number of benzene rings is 2. The van der Waals surface area contributed by atoms with Crippen LogP contribution in [0.25, 0.3) is 10.9 Å². The number of thiophene rings is 1. The maximum atomic E-state index is 13.3. The zero-order valence-electron chi connectivity index (χ0n) is 17.8. The van der Waals surface area contributed by atoms with Crippen molar-refractivity contribution in [3.05, 3.63) is 94.1 Å². The first kappa shape index (κ1) is 21.3. The van der Waals surface area contributed by atoms with Gasteiger partial charge in [0.1, 0.15) is 5.82 Å². The molecule has 0 aliphatic heterocycles. The molecule has 2 aromatic heterocycles. The van der Waals surface area contributed by atoms with Gasteiger partial charge in [0, 0.05) is 47.4 Å². The molecule has 0 aliphatic carbocycles. The number of rotatable bonds is 8. The van der Waals surface area contributed by atoms with E-state index in [0.717, 1.165) is 22.0 Å². The Labute approximate surface area is 186 Å². The van der Waals surface area contributed by atoms with Crippen LogP contribution in [0.1, 0.15) is 42.2 Å². The molecule has 2 aromatic carbocycles. The number of nitrogens with zero attached hydrogens (tertiary/aromatic N) is 1. The van der Waals surface area contributed by atoms with Crippen LogP contribution in [-0.4, -0.2) is 17.0 Å². The minimum Gasteiger partial charge on any atom is -0.356 e. The molecule has 2 heterocycles. The molecule has 0 spiro atoms. The van der Waals surface area contributed by atoms with Crippen molar-refractivity contribution in [2.75, 3.05) is 6.54 Å². The fourth-order valence-corrected chi connectivity index (χ4v) is 4.75. The Bertz CT molecular complexity index is 1150. The quantitative estimate of drug-likeness (QED) is 0.353. The first-order chi connectivity index (χ1) is 15.0. The Morgan fingerprint density at radius 2 is 1.84 bits per heavy atom. The van der Waals surface area contributed by atoms with Gasteiger partial charge in [-0.2, -0.15) is 0 Å². The maximum absolute atomic E-state index is 13.3. The first-order valence-corrected chi connectivity index (χ1v) is 11.5. The van der Waals surface area contributed by atoms with E-state index in [9.17, 15) is 9.18 Å². The summed E-state index contributed by atoms with van der Waals surface area (Å²) in [6.07, 6.45) is 2.58. The fraction of sp³-hybridized carbons (Fsp3) is 0.269. The minimum absolute atomic E-state index is 0.00784. The van der Waals surface area contributed by atoms with Gasteiger partial charge >= 0.3 is 0 Å². The van der Waals surface area contributed by atoms with E-state index in [0.29, 0.717) is 25.4 Å². The molecule has 0 saturated carbocycles. The van der Waals surface area contributed by atoms with Crippen molar-refractivity contribution < 1.29 is 9.18 Å². The van der Waals surface area contributed by atoms with Crippen molar-refractivity contribution in [3.63, 3.8) is 0 Å². The van der Waals surface area contributed by atoms with Crippen LogP contribution in [-0.2, 0) is 11.3 Å². The van der Waals surface area contributed by atoms with Crippen LogP contribution in [0.4, 0.5) is 4.39 Å². The van der Waals surface area contributed by atoms with Crippen molar-refractivity contribution in [3.8, 4) is 0 Å². The summed E-state index contributed by atoms with van der Waals surface area (Å²) in [6.45, 7) is 5.53. The third-order valence-corrected chi connectivity index (χ3v) is 6.43. The summed E-state index contributed by atoms with van der Waals surface area (Å²) in [5.41, 5.74) is 3.31. The van der Waals surface area contributed by atoms with Gasteiger partial charge < -0.3 is 9.88 Å². The van der Waals surface area contributed by atoms with Crippen molar-refractivity contribution >= 4 is 28.1 Å². The number of carbonyl (C=O) groups excluding carboxylic acids is 1. The topological polar surface area (TPSA) is 34.0 Å². The number of carbonyl (C=O) groups is 1. The number of fused-ring (bicyclic) bond motifs is 1. The molecule has 160 valence electrons. The minimum atomic E-state index is -0.230. The average molecular weight is 435 g/mol. The summed E-state index contributed by atoms with van der Waals surface area (Å²) in [6, 6.07) is 19.1. The van der Waals surface area contributed by atoms with Gasteiger partial charge in [-0.05, 0) is 46.7 Å². The third-order valence-electron chi connectivity index (χ3n) is 5.44. The van der Waals surface area contributed by atoms with Crippen molar-refractivity contribution in [2.24, 2.45) is 5.92 Å². The Morgan fingerprint density at radius 3 is 2.55 bits per heavy atom. The highest BCUT2D eigenvalue weighted by Gasteiger charge is 2.23. The van der Waals surface area contributed by atoms with Gasteiger partial charge in [-0.25, -0.2) is 4.39 Å². The summed E-state index contributed by atoms with van der Waals surface area (Å²) in [4.78, 5) is 13.9. The van der Waals surface area contributed by atoms with E-state index in [-0.39, 0.29) is 17.6 Å². The molecule has 0 saturated heterocycles. The first-order valence-electron chi connectivity index (χ1n) is 10.6. The highest BCUT2D eigenvalue weighted by molar-refractivity contribution is 7.10.